The van der Waals surface area contributed by atoms with Crippen LogP contribution in [0.25, 0.3) is 0 Å². The quantitative estimate of drug-likeness (QED) is 0.745. The first-order chi connectivity index (χ1) is 8.13. The smallest absolute Gasteiger partial charge is 0.303 e. The first-order valence-electron chi connectivity index (χ1n) is 5.76. The number of carboxylic acids is 1. The van der Waals surface area contributed by atoms with Crippen LogP contribution in [0.5, 0.6) is 5.75 Å². The highest BCUT2D eigenvalue weighted by Gasteiger charge is 2.04. The minimum absolute atomic E-state index is 0.126. The van der Waals surface area contributed by atoms with Crippen molar-refractivity contribution < 1.29 is 19.0 Å². The molecule has 0 radical (unpaired) electrons. The Hall–Kier alpha value is -1.58. The SMILES string of the molecule is CCc1ccc(F)c(OCCCCC(=O)O)c1. The van der Waals surface area contributed by atoms with Crippen molar-refractivity contribution in [3.05, 3.63) is 29.6 Å². The van der Waals surface area contributed by atoms with Crippen LogP contribution in [-0.4, -0.2) is 17.7 Å². The minimum Gasteiger partial charge on any atom is -0.491 e. The van der Waals surface area contributed by atoms with Crippen LogP contribution in [0, 0.1) is 5.82 Å². The molecular weight excluding hydrogens is 223 g/mol. The molecule has 1 rings (SSSR count). The van der Waals surface area contributed by atoms with E-state index in [2.05, 4.69) is 0 Å². The van der Waals surface area contributed by atoms with E-state index in [4.69, 9.17) is 9.84 Å². The van der Waals surface area contributed by atoms with E-state index in [0.29, 0.717) is 19.4 Å². The fraction of sp³-hybridized carbons (Fsp3) is 0.462. The second kappa shape index (κ2) is 6.89. The van der Waals surface area contributed by atoms with Gasteiger partial charge in [-0.25, -0.2) is 4.39 Å². The summed E-state index contributed by atoms with van der Waals surface area (Å²) < 4.78 is 18.6. The third-order valence-corrected chi connectivity index (χ3v) is 2.45. The molecule has 1 N–H and O–H groups in total. The third kappa shape index (κ3) is 4.85. The predicted octanol–water partition coefficient (Wildman–Crippen LogP) is 3.02. The number of aryl methyl sites for hydroxylation is 1. The summed E-state index contributed by atoms with van der Waals surface area (Å²) in [5, 5.41) is 8.44. The Morgan fingerprint density at radius 3 is 2.82 bits per heavy atom. The number of unbranched alkanes of at least 4 members (excludes halogenated alkanes) is 1. The highest BCUT2D eigenvalue weighted by atomic mass is 19.1. The molecule has 0 bridgehead atoms. The van der Waals surface area contributed by atoms with Crippen LogP contribution in [0.3, 0.4) is 0 Å². The number of hydrogen-bond acceptors (Lipinski definition) is 2. The van der Waals surface area contributed by atoms with Crippen molar-refractivity contribution in [1.82, 2.24) is 0 Å². The molecule has 0 spiro atoms. The number of aliphatic carboxylic acids is 1. The Balaban J connectivity index is 2.38. The normalized spacial score (nSPS) is 10.2. The van der Waals surface area contributed by atoms with Gasteiger partial charge in [0.1, 0.15) is 0 Å². The lowest BCUT2D eigenvalue weighted by atomic mass is 10.1. The highest BCUT2D eigenvalue weighted by Crippen LogP contribution is 2.19. The number of halogens is 1. The topological polar surface area (TPSA) is 46.5 Å². The van der Waals surface area contributed by atoms with E-state index < -0.39 is 5.97 Å². The van der Waals surface area contributed by atoms with Crippen molar-refractivity contribution >= 4 is 5.97 Å². The van der Waals surface area contributed by atoms with Crippen LogP contribution < -0.4 is 4.74 Å². The summed E-state index contributed by atoms with van der Waals surface area (Å²) in [7, 11) is 0. The molecule has 0 atom stereocenters. The summed E-state index contributed by atoms with van der Waals surface area (Å²) in [6.07, 6.45) is 2.11. The first kappa shape index (κ1) is 13.5. The minimum atomic E-state index is -0.816. The predicted molar refractivity (Wildman–Crippen MR) is 62.8 cm³/mol. The maximum absolute atomic E-state index is 13.3. The lowest BCUT2D eigenvalue weighted by Crippen LogP contribution is -2.02. The van der Waals surface area contributed by atoms with Gasteiger partial charge in [-0.1, -0.05) is 13.0 Å². The molecular formula is C13H17FO3. The molecule has 0 saturated carbocycles. The van der Waals surface area contributed by atoms with Crippen molar-refractivity contribution in [3.8, 4) is 5.75 Å². The van der Waals surface area contributed by atoms with Gasteiger partial charge in [-0.2, -0.15) is 0 Å². The maximum Gasteiger partial charge on any atom is 0.303 e. The van der Waals surface area contributed by atoms with Gasteiger partial charge < -0.3 is 9.84 Å². The van der Waals surface area contributed by atoms with Crippen LogP contribution >= 0.6 is 0 Å². The van der Waals surface area contributed by atoms with Gasteiger partial charge in [0, 0.05) is 6.42 Å². The van der Waals surface area contributed by atoms with Gasteiger partial charge in [-0.15, -0.1) is 0 Å². The van der Waals surface area contributed by atoms with Gasteiger partial charge in [-0.3, -0.25) is 4.79 Å². The van der Waals surface area contributed by atoms with E-state index in [1.807, 2.05) is 6.92 Å². The molecule has 0 aliphatic heterocycles. The zero-order valence-corrected chi connectivity index (χ0v) is 9.91. The Morgan fingerprint density at radius 2 is 2.18 bits per heavy atom. The van der Waals surface area contributed by atoms with E-state index in [0.717, 1.165) is 12.0 Å². The Bertz CT molecular complexity index is 377. The standard InChI is InChI=1S/C13H17FO3/c1-2-10-6-7-11(14)12(9-10)17-8-4-3-5-13(15)16/h6-7,9H,2-5,8H2,1H3,(H,15,16). The second-order valence-corrected chi connectivity index (χ2v) is 3.82. The lowest BCUT2D eigenvalue weighted by molar-refractivity contribution is -0.137. The Kier molecular flexibility index (Phi) is 5.46. The lowest BCUT2D eigenvalue weighted by Gasteiger charge is -2.08. The number of ether oxygens (including phenoxy) is 1. The van der Waals surface area contributed by atoms with Gasteiger partial charge in [0.2, 0.25) is 0 Å². The van der Waals surface area contributed by atoms with Gasteiger partial charge in [0.25, 0.3) is 0 Å². The second-order valence-electron chi connectivity index (χ2n) is 3.82. The van der Waals surface area contributed by atoms with Crippen LogP contribution in [0.15, 0.2) is 18.2 Å². The molecule has 0 saturated heterocycles. The maximum atomic E-state index is 13.3. The molecule has 1 aromatic rings. The van der Waals surface area contributed by atoms with E-state index in [1.54, 1.807) is 12.1 Å². The molecule has 0 unspecified atom stereocenters. The molecule has 3 nitrogen and oxygen atoms in total. The Morgan fingerprint density at radius 1 is 1.41 bits per heavy atom. The summed E-state index contributed by atoms with van der Waals surface area (Å²) in [6, 6.07) is 4.81. The molecule has 0 aliphatic carbocycles. The average molecular weight is 240 g/mol. The zero-order valence-electron chi connectivity index (χ0n) is 9.91. The molecule has 0 aromatic heterocycles. The van der Waals surface area contributed by atoms with Crippen LogP contribution in [0.2, 0.25) is 0 Å². The van der Waals surface area contributed by atoms with E-state index in [9.17, 15) is 9.18 Å². The average Bonchev–Trinajstić information content (AvgIpc) is 2.30. The number of benzene rings is 1. The summed E-state index contributed by atoms with van der Waals surface area (Å²) in [4.78, 5) is 10.3. The van der Waals surface area contributed by atoms with Gasteiger partial charge >= 0.3 is 5.97 Å². The van der Waals surface area contributed by atoms with Crippen LogP contribution in [-0.2, 0) is 11.2 Å². The number of hydrogen-bond donors (Lipinski definition) is 1. The summed E-state index contributed by atoms with van der Waals surface area (Å²) >= 11 is 0. The van der Waals surface area contributed by atoms with Crippen molar-refractivity contribution in [1.29, 1.82) is 0 Å². The first-order valence-corrected chi connectivity index (χ1v) is 5.76. The summed E-state index contributed by atoms with van der Waals surface area (Å²) in [6.45, 7) is 2.33. The van der Waals surface area contributed by atoms with Crippen molar-refractivity contribution in [2.75, 3.05) is 6.61 Å². The molecule has 0 fully saturated rings. The molecule has 17 heavy (non-hydrogen) atoms. The molecule has 4 heteroatoms. The van der Waals surface area contributed by atoms with Gasteiger partial charge in [-0.05, 0) is 37.0 Å². The fourth-order valence-corrected chi connectivity index (χ4v) is 1.44. The van der Waals surface area contributed by atoms with Crippen molar-refractivity contribution in [2.24, 2.45) is 0 Å². The molecule has 0 amide bonds. The highest BCUT2D eigenvalue weighted by molar-refractivity contribution is 5.66. The number of carboxylic acid groups (broad SMARTS) is 1. The van der Waals surface area contributed by atoms with E-state index in [-0.39, 0.29) is 18.0 Å². The van der Waals surface area contributed by atoms with Gasteiger partial charge in [0.05, 0.1) is 6.61 Å². The summed E-state index contributed by atoms with van der Waals surface area (Å²) in [5.74, 6) is -0.940. The summed E-state index contributed by atoms with van der Waals surface area (Å²) in [5.41, 5.74) is 1.02. The number of carbonyl (C=O) groups is 1. The Labute approximate surface area is 100 Å². The largest absolute Gasteiger partial charge is 0.491 e. The van der Waals surface area contributed by atoms with E-state index in [1.165, 1.54) is 6.07 Å². The van der Waals surface area contributed by atoms with Crippen molar-refractivity contribution in [3.63, 3.8) is 0 Å². The molecule has 94 valence electrons. The zero-order chi connectivity index (χ0) is 12.7. The number of rotatable bonds is 7. The van der Waals surface area contributed by atoms with E-state index >= 15 is 0 Å². The van der Waals surface area contributed by atoms with Crippen LogP contribution in [0.1, 0.15) is 31.7 Å². The van der Waals surface area contributed by atoms with Crippen molar-refractivity contribution in [2.45, 2.75) is 32.6 Å². The van der Waals surface area contributed by atoms with Gasteiger partial charge in [0.15, 0.2) is 11.6 Å². The third-order valence-electron chi connectivity index (χ3n) is 2.45. The fourth-order valence-electron chi connectivity index (χ4n) is 1.44. The monoisotopic (exact) mass is 240 g/mol. The van der Waals surface area contributed by atoms with Crippen LogP contribution in [0.4, 0.5) is 4.39 Å². The molecule has 0 aliphatic rings. The molecule has 0 heterocycles. The molecule has 1 aromatic carbocycles.